The van der Waals surface area contributed by atoms with Crippen molar-refractivity contribution in [2.24, 2.45) is 5.92 Å². The highest BCUT2D eigenvalue weighted by molar-refractivity contribution is 7.99. The predicted molar refractivity (Wildman–Crippen MR) is 118 cm³/mol. The summed E-state index contributed by atoms with van der Waals surface area (Å²) in [4.78, 5) is 35.2. The van der Waals surface area contributed by atoms with Crippen molar-refractivity contribution in [3.8, 4) is 0 Å². The molecule has 0 radical (unpaired) electrons. The van der Waals surface area contributed by atoms with E-state index in [1.165, 1.54) is 11.3 Å². The largest absolute Gasteiger partial charge is 0.346 e. The van der Waals surface area contributed by atoms with Crippen molar-refractivity contribution < 1.29 is 9.59 Å². The molecule has 8 heteroatoms. The predicted octanol–water partition coefficient (Wildman–Crippen LogP) is 2.70. The first kappa shape index (κ1) is 19.3. The van der Waals surface area contributed by atoms with Gasteiger partial charge >= 0.3 is 0 Å². The van der Waals surface area contributed by atoms with Crippen LogP contribution >= 0.6 is 23.1 Å². The normalized spacial score (nSPS) is 29.2. The van der Waals surface area contributed by atoms with Crippen LogP contribution in [0.3, 0.4) is 0 Å². The molecule has 4 saturated heterocycles. The number of carbonyl (C=O) groups excluding carboxylic acids is 2. The molecule has 4 aliphatic heterocycles. The first-order chi connectivity index (χ1) is 14.1. The second-order valence-corrected chi connectivity index (χ2v) is 10.5. The molecule has 29 heavy (non-hydrogen) atoms. The molecule has 0 aliphatic carbocycles. The Hall–Kier alpha value is -1.64. The van der Waals surface area contributed by atoms with Crippen LogP contribution < -0.4 is 5.32 Å². The van der Waals surface area contributed by atoms with E-state index in [1.54, 1.807) is 6.20 Å². The number of pyridine rings is 1. The van der Waals surface area contributed by atoms with Crippen LogP contribution in [0.4, 0.5) is 0 Å². The highest BCUT2D eigenvalue weighted by atomic mass is 32.2. The Labute approximate surface area is 179 Å². The molecular formula is C21H26N4O2S2. The summed E-state index contributed by atoms with van der Waals surface area (Å²) < 4.78 is 0.946. The van der Waals surface area contributed by atoms with Crippen LogP contribution in [0.15, 0.2) is 18.3 Å². The zero-order valence-corrected chi connectivity index (χ0v) is 18.2. The second-order valence-electron chi connectivity index (χ2n) is 8.24. The van der Waals surface area contributed by atoms with Gasteiger partial charge in [-0.15, -0.1) is 11.3 Å². The minimum Gasteiger partial charge on any atom is -0.346 e. The quantitative estimate of drug-likeness (QED) is 0.811. The Bertz CT molecular complexity index is 930. The summed E-state index contributed by atoms with van der Waals surface area (Å²) in [5.41, 5.74) is 0.441. The molecule has 0 aromatic carbocycles. The van der Waals surface area contributed by atoms with Gasteiger partial charge in [0.25, 0.3) is 11.8 Å². The fourth-order valence-electron chi connectivity index (χ4n) is 4.86. The van der Waals surface area contributed by atoms with E-state index < -0.39 is 0 Å². The number of thioether (sulfide) groups is 1. The van der Waals surface area contributed by atoms with Gasteiger partial charge in [-0.25, -0.2) is 0 Å². The number of thiophene rings is 1. The van der Waals surface area contributed by atoms with Gasteiger partial charge < -0.3 is 10.2 Å². The summed E-state index contributed by atoms with van der Waals surface area (Å²) in [5, 5.41) is 4.17. The van der Waals surface area contributed by atoms with Gasteiger partial charge in [-0.05, 0) is 50.9 Å². The van der Waals surface area contributed by atoms with Gasteiger partial charge in [-0.2, -0.15) is 11.8 Å². The fraction of sp³-hybridized carbons (Fsp3) is 0.571. The standard InChI is InChI=1S/C21H26N4O2S2/c1-13-19(14-2-4-24(13)5-3-14)23-20(26)16-11-17-15(12-22-16)10-18(29-17)21(27)25-6-8-28-9-7-25/h10-14,19H,2-9H2,1H3,(H,23,26). The third kappa shape index (κ3) is 3.66. The lowest BCUT2D eigenvalue weighted by atomic mass is 9.79. The lowest BCUT2D eigenvalue weighted by Crippen LogP contribution is -2.62. The Morgan fingerprint density at radius 3 is 2.62 bits per heavy atom. The minimum atomic E-state index is -0.105. The van der Waals surface area contributed by atoms with Crippen molar-refractivity contribution in [1.82, 2.24) is 20.1 Å². The molecule has 154 valence electrons. The fourth-order valence-corrected chi connectivity index (χ4v) is 6.80. The summed E-state index contributed by atoms with van der Waals surface area (Å²) in [6.07, 6.45) is 4.05. The summed E-state index contributed by atoms with van der Waals surface area (Å²) in [5.74, 6) is 2.56. The molecule has 2 amide bonds. The van der Waals surface area contributed by atoms with Gasteiger partial charge in [-0.3, -0.25) is 19.5 Å². The molecule has 6 rings (SSSR count). The van der Waals surface area contributed by atoms with E-state index in [1.807, 2.05) is 28.8 Å². The SMILES string of the molecule is CC1C(NC(=O)c2cc3sc(C(=O)N4CCSCC4)cc3cn2)C2CCN1CC2. The van der Waals surface area contributed by atoms with Gasteiger partial charge in [0, 0.05) is 53.0 Å². The molecule has 6 nitrogen and oxygen atoms in total. The van der Waals surface area contributed by atoms with E-state index >= 15 is 0 Å². The van der Waals surface area contributed by atoms with E-state index in [9.17, 15) is 9.59 Å². The zero-order chi connectivity index (χ0) is 20.0. The van der Waals surface area contributed by atoms with Crippen molar-refractivity contribution in [2.45, 2.75) is 31.8 Å². The molecule has 2 atom stereocenters. The molecule has 6 heterocycles. The second kappa shape index (κ2) is 7.89. The third-order valence-electron chi connectivity index (χ3n) is 6.62. The van der Waals surface area contributed by atoms with Crippen molar-refractivity contribution in [3.63, 3.8) is 0 Å². The average molecular weight is 431 g/mol. The number of nitrogens with zero attached hydrogens (tertiary/aromatic N) is 3. The molecule has 2 aromatic heterocycles. The van der Waals surface area contributed by atoms with E-state index in [0.29, 0.717) is 17.7 Å². The summed E-state index contributed by atoms with van der Waals surface area (Å²) in [7, 11) is 0. The number of carbonyl (C=O) groups is 2. The van der Waals surface area contributed by atoms with E-state index in [-0.39, 0.29) is 17.9 Å². The van der Waals surface area contributed by atoms with Crippen LogP contribution in [-0.4, -0.2) is 76.4 Å². The maximum absolute atomic E-state index is 12.9. The van der Waals surface area contributed by atoms with Crippen molar-refractivity contribution in [2.75, 3.05) is 37.7 Å². The maximum atomic E-state index is 12.9. The first-order valence-corrected chi connectivity index (χ1v) is 12.4. The first-order valence-electron chi connectivity index (χ1n) is 10.4. The Balaban J connectivity index is 1.33. The highest BCUT2D eigenvalue weighted by Crippen LogP contribution is 2.32. The Morgan fingerprint density at radius 2 is 1.90 bits per heavy atom. The van der Waals surface area contributed by atoms with Crippen LogP contribution in [0.2, 0.25) is 0 Å². The average Bonchev–Trinajstić information content (AvgIpc) is 3.20. The molecule has 1 N–H and O–H groups in total. The number of hydrogen-bond acceptors (Lipinski definition) is 6. The Kier molecular flexibility index (Phi) is 5.26. The molecule has 0 spiro atoms. The van der Waals surface area contributed by atoms with Crippen LogP contribution in [0.25, 0.3) is 10.1 Å². The molecule has 2 aromatic rings. The number of fused-ring (bicyclic) bond motifs is 4. The van der Waals surface area contributed by atoms with E-state index in [2.05, 4.69) is 22.1 Å². The highest BCUT2D eigenvalue weighted by Gasteiger charge is 2.40. The molecule has 4 fully saturated rings. The topological polar surface area (TPSA) is 65.5 Å². The van der Waals surface area contributed by atoms with Crippen molar-refractivity contribution in [3.05, 3.63) is 28.9 Å². The monoisotopic (exact) mass is 430 g/mol. The maximum Gasteiger partial charge on any atom is 0.270 e. The van der Waals surface area contributed by atoms with Crippen LogP contribution in [-0.2, 0) is 0 Å². The molecule has 0 saturated carbocycles. The van der Waals surface area contributed by atoms with Crippen molar-refractivity contribution >= 4 is 45.0 Å². The Morgan fingerprint density at radius 1 is 1.14 bits per heavy atom. The van der Waals surface area contributed by atoms with E-state index in [4.69, 9.17) is 0 Å². The van der Waals surface area contributed by atoms with Crippen LogP contribution in [0.1, 0.15) is 39.9 Å². The number of aromatic nitrogens is 1. The van der Waals surface area contributed by atoms with E-state index in [0.717, 1.165) is 65.5 Å². The number of piperidine rings is 3. The van der Waals surface area contributed by atoms with Crippen molar-refractivity contribution in [1.29, 1.82) is 0 Å². The zero-order valence-electron chi connectivity index (χ0n) is 16.6. The van der Waals surface area contributed by atoms with Gasteiger partial charge in [0.05, 0.1) is 4.88 Å². The van der Waals surface area contributed by atoms with Gasteiger partial charge in [0.15, 0.2) is 0 Å². The lowest BCUT2D eigenvalue weighted by molar-refractivity contribution is 0.0216. The number of hydrogen-bond donors (Lipinski definition) is 1. The molecule has 2 bridgehead atoms. The summed E-state index contributed by atoms with van der Waals surface area (Å²) in [6, 6.07) is 4.32. The number of amides is 2. The third-order valence-corrected chi connectivity index (χ3v) is 8.65. The molecule has 2 unspecified atom stereocenters. The number of nitrogens with one attached hydrogen (secondary N) is 1. The summed E-state index contributed by atoms with van der Waals surface area (Å²) in [6.45, 7) is 6.11. The lowest BCUT2D eigenvalue weighted by Gasteiger charge is -2.49. The summed E-state index contributed by atoms with van der Waals surface area (Å²) >= 11 is 3.36. The molecular weight excluding hydrogens is 404 g/mol. The number of rotatable bonds is 3. The van der Waals surface area contributed by atoms with Gasteiger partial charge in [0.1, 0.15) is 5.69 Å². The van der Waals surface area contributed by atoms with Gasteiger partial charge in [0.2, 0.25) is 0 Å². The smallest absolute Gasteiger partial charge is 0.270 e. The molecule has 4 aliphatic rings. The minimum absolute atomic E-state index is 0.0959. The van der Waals surface area contributed by atoms with Crippen LogP contribution in [0.5, 0.6) is 0 Å². The van der Waals surface area contributed by atoms with Crippen LogP contribution in [0, 0.1) is 5.92 Å². The van der Waals surface area contributed by atoms with Gasteiger partial charge in [-0.1, -0.05) is 0 Å².